The zero-order chi connectivity index (χ0) is 19.1. The number of carbonyl (C=O) groups is 2. The minimum Gasteiger partial charge on any atom is -0.326 e. The molecule has 1 aliphatic heterocycles. The Morgan fingerprint density at radius 1 is 1.23 bits per heavy atom. The number of nitrogens with one attached hydrogen (secondary N) is 1. The largest absolute Gasteiger partial charge is 0.326 e. The Kier molecular flexibility index (Phi) is 8.10. The third-order valence-corrected chi connectivity index (χ3v) is 6.27. The molecule has 1 aromatic carbocycles. The van der Waals surface area contributed by atoms with E-state index in [4.69, 9.17) is 12.2 Å². The lowest BCUT2D eigenvalue weighted by Gasteiger charge is -2.15. The first kappa shape index (κ1) is 20.9. The number of thioether (sulfide) groups is 1. The lowest BCUT2D eigenvalue weighted by molar-refractivity contribution is -0.126. The predicted octanol–water partition coefficient (Wildman–Crippen LogP) is 4.95. The third kappa shape index (κ3) is 5.81. The van der Waals surface area contributed by atoms with Crippen LogP contribution in [0.1, 0.15) is 64.4 Å². The first-order valence-electron chi connectivity index (χ1n) is 9.34. The molecule has 6 heteroatoms. The van der Waals surface area contributed by atoms with Crippen LogP contribution in [-0.2, 0) is 9.59 Å². The van der Waals surface area contributed by atoms with Crippen molar-refractivity contribution in [1.29, 1.82) is 0 Å². The standard InChI is InChI=1S/C20H28N2O2S2/c1-4-17-19(24)22(20(25)26-17)13-7-5-6-8-18(23)21-16-11-9-15(10-12-16)14(2)3/h9-12,14,17H,4-8,13H2,1-3H3,(H,21,23). The maximum atomic E-state index is 12.1. The summed E-state index contributed by atoms with van der Waals surface area (Å²) in [5, 5.41) is 2.94. The van der Waals surface area contributed by atoms with E-state index >= 15 is 0 Å². The number of anilines is 1. The molecule has 0 aliphatic carbocycles. The Bertz CT molecular complexity index is 644. The molecule has 0 bridgehead atoms. The Morgan fingerprint density at radius 2 is 1.92 bits per heavy atom. The van der Waals surface area contributed by atoms with Crippen LogP contribution in [0.25, 0.3) is 0 Å². The number of hydrogen-bond donors (Lipinski definition) is 1. The minimum absolute atomic E-state index is 0.00429. The van der Waals surface area contributed by atoms with Crippen molar-refractivity contribution in [3.63, 3.8) is 0 Å². The maximum Gasteiger partial charge on any atom is 0.241 e. The number of rotatable bonds is 9. The van der Waals surface area contributed by atoms with E-state index in [1.54, 1.807) is 4.90 Å². The molecule has 1 unspecified atom stereocenters. The van der Waals surface area contributed by atoms with Crippen LogP contribution in [0.3, 0.4) is 0 Å². The molecule has 2 amide bonds. The van der Waals surface area contributed by atoms with Crippen molar-refractivity contribution in [2.24, 2.45) is 0 Å². The molecule has 0 radical (unpaired) electrons. The minimum atomic E-state index is -0.00429. The number of unbranched alkanes of at least 4 members (excludes halogenated alkanes) is 2. The highest BCUT2D eigenvalue weighted by Gasteiger charge is 2.34. The molecule has 142 valence electrons. The SMILES string of the molecule is CCC1SC(=S)N(CCCCCC(=O)Nc2ccc(C(C)C)cc2)C1=O. The number of thiocarbonyl (C=S) groups is 1. The van der Waals surface area contributed by atoms with E-state index in [2.05, 4.69) is 31.3 Å². The fourth-order valence-corrected chi connectivity index (χ4v) is 4.34. The van der Waals surface area contributed by atoms with E-state index in [0.29, 0.717) is 23.2 Å². The third-order valence-electron chi connectivity index (χ3n) is 4.52. The Balaban J connectivity index is 1.64. The highest BCUT2D eigenvalue weighted by molar-refractivity contribution is 8.24. The maximum absolute atomic E-state index is 12.1. The van der Waals surface area contributed by atoms with E-state index in [1.165, 1.54) is 17.3 Å². The summed E-state index contributed by atoms with van der Waals surface area (Å²) in [6.07, 6.45) is 3.91. The number of benzene rings is 1. The first-order chi connectivity index (χ1) is 12.4. The number of nitrogens with zero attached hydrogens (tertiary/aromatic N) is 1. The highest BCUT2D eigenvalue weighted by atomic mass is 32.2. The summed E-state index contributed by atoms with van der Waals surface area (Å²) < 4.78 is 0.699. The molecule has 1 aliphatic rings. The average molecular weight is 393 g/mol. The second-order valence-corrected chi connectivity index (χ2v) is 8.74. The Labute approximate surface area is 166 Å². The van der Waals surface area contributed by atoms with Gasteiger partial charge in [0.1, 0.15) is 4.32 Å². The van der Waals surface area contributed by atoms with Crippen LogP contribution in [0.15, 0.2) is 24.3 Å². The van der Waals surface area contributed by atoms with Gasteiger partial charge in [0.25, 0.3) is 0 Å². The van der Waals surface area contributed by atoms with Gasteiger partial charge in [0.15, 0.2) is 0 Å². The number of carbonyl (C=O) groups excluding carboxylic acids is 2. The van der Waals surface area contributed by atoms with Crippen molar-refractivity contribution in [3.8, 4) is 0 Å². The van der Waals surface area contributed by atoms with Gasteiger partial charge in [0, 0.05) is 18.7 Å². The summed E-state index contributed by atoms with van der Waals surface area (Å²) in [6, 6.07) is 8.01. The van der Waals surface area contributed by atoms with Gasteiger partial charge in [-0.3, -0.25) is 14.5 Å². The molecule has 2 rings (SSSR count). The summed E-state index contributed by atoms with van der Waals surface area (Å²) >= 11 is 6.78. The molecule has 0 aromatic heterocycles. The second-order valence-electron chi connectivity index (χ2n) is 6.91. The molecule has 0 saturated carbocycles. The molecule has 26 heavy (non-hydrogen) atoms. The van der Waals surface area contributed by atoms with Gasteiger partial charge in [-0.15, -0.1) is 0 Å². The summed E-state index contributed by atoms with van der Waals surface area (Å²) in [7, 11) is 0. The van der Waals surface area contributed by atoms with Crippen LogP contribution < -0.4 is 5.32 Å². The summed E-state index contributed by atoms with van der Waals surface area (Å²) in [4.78, 5) is 25.9. The fourth-order valence-electron chi connectivity index (χ4n) is 2.87. The number of hydrogen-bond acceptors (Lipinski definition) is 4. The van der Waals surface area contributed by atoms with Crippen molar-refractivity contribution < 1.29 is 9.59 Å². The quantitative estimate of drug-likeness (QED) is 0.477. The van der Waals surface area contributed by atoms with Crippen LogP contribution >= 0.6 is 24.0 Å². The fraction of sp³-hybridized carbons (Fsp3) is 0.550. The van der Waals surface area contributed by atoms with E-state index < -0.39 is 0 Å². The van der Waals surface area contributed by atoms with Gasteiger partial charge >= 0.3 is 0 Å². The molecular formula is C20H28N2O2S2. The predicted molar refractivity (Wildman–Crippen MR) is 114 cm³/mol. The van der Waals surface area contributed by atoms with Gasteiger partial charge in [-0.2, -0.15) is 0 Å². The van der Waals surface area contributed by atoms with E-state index in [-0.39, 0.29) is 17.1 Å². The zero-order valence-corrected chi connectivity index (χ0v) is 17.4. The van der Waals surface area contributed by atoms with Gasteiger partial charge in [-0.25, -0.2) is 0 Å². The van der Waals surface area contributed by atoms with Crippen LogP contribution in [0.2, 0.25) is 0 Å². The molecule has 1 saturated heterocycles. The van der Waals surface area contributed by atoms with E-state index in [1.807, 2.05) is 19.1 Å². The van der Waals surface area contributed by atoms with Gasteiger partial charge in [0.05, 0.1) is 5.25 Å². The first-order valence-corrected chi connectivity index (χ1v) is 10.6. The molecule has 4 nitrogen and oxygen atoms in total. The highest BCUT2D eigenvalue weighted by Crippen LogP contribution is 2.29. The van der Waals surface area contributed by atoms with Gasteiger partial charge in [-0.1, -0.05) is 63.3 Å². The van der Waals surface area contributed by atoms with Crippen molar-refractivity contribution in [3.05, 3.63) is 29.8 Å². The topological polar surface area (TPSA) is 49.4 Å². The lowest BCUT2D eigenvalue weighted by Crippen LogP contribution is -2.32. The number of amides is 2. The van der Waals surface area contributed by atoms with Crippen LogP contribution in [0.5, 0.6) is 0 Å². The average Bonchev–Trinajstić information content (AvgIpc) is 2.89. The van der Waals surface area contributed by atoms with E-state index in [9.17, 15) is 9.59 Å². The Morgan fingerprint density at radius 3 is 2.50 bits per heavy atom. The van der Waals surface area contributed by atoms with Crippen LogP contribution in [0.4, 0.5) is 5.69 Å². The Hall–Kier alpha value is -1.40. The second kappa shape index (κ2) is 10.1. The van der Waals surface area contributed by atoms with Crippen molar-refractivity contribution >= 4 is 45.8 Å². The molecular weight excluding hydrogens is 364 g/mol. The molecule has 1 atom stereocenters. The van der Waals surface area contributed by atoms with Crippen molar-refractivity contribution in [2.75, 3.05) is 11.9 Å². The molecule has 1 heterocycles. The zero-order valence-electron chi connectivity index (χ0n) is 15.8. The van der Waals surface area contributed by atoms with Gasteiger partial charge in [0.2, 0.25) is 11.8 Å². The molecule has 1 aromatic rings. The summed E-state index contributed by atoms with van der Waals surface area (Å²) in [6.45, 7) is 6.98. The van der Waals surface area contributed by atoms with Crippen LogP contribution in [-0.4, -0.2) is 32.8 Å². The lowest BCUT2D eigenvalue weighted by atomic mass is 10.0. The van der Waals surface area contributed by atoms with Gasteiger partial charge in [-0.05, 0) is 42.9 Å². The van der Waals surface area contributed by atoms with Crippen molar-refractivity contribution in [2.45, 2.75) is 64.0 Å². The van der Waals surface area contributed by atoms with Crippen LogP contribution in [0, 0.1) is 0 Å². The molecule has 1 N–H and O–H groups in total. The van der Waals surface area contributed by atoms with E-state index in [0.717, 1.165) is 31.4 Å². The normalized spacial score (nSPS) is 17.2. The smallest absolute Gasteiger partial charge is 0.241 e. The summed E-state index contributed by atoms with van der Waals surface area (Å²) in [5.74, 6) is 0.669. The molecule has 1 fully saturated rings. The monoisotopic (exact) mass is 392 g/mol. The summed E-state index contributed by atoms with van der Waals surface area (Å²) in [5.41, 5.74) is 2.11. The molecule has 0 spiro atoms. The van der Waals surface area contributed by atoms with Gasteiger partial charge < -0.3 is 5.32 Å². The van der Waals surface area contributed by atoms with Crippen molar-refractivity contribution in [1.82, 2.24) is 4.90 Å².